The predicted molar refractivity (Wildman–Crippen MR) is 49.4 cm³/mol. The summed E-state index contributed by atoms with van der Waals surface area (Å²) in [6.45, 7) is 0. The molecule has 0 saturated carbocycles. The maximum absolute atomic E-state index is 13.2. The van der Waals surface area contributed by atoms with Gasteiger partial charge in [0.05, 0.1) is 18.7 Å². The third kappa shape index (κ3) is 1.28. The molecule has 1 heterocycles. The summed E-state index contributed by atoms with van der Waals surface area (Å²) in [5, 5.41) is 0. The number of carbonyl (C=O) groups is 1. The number of ether oxygens (including phenoxy) is 1. The summed E-state index contributed by atoms with van der Waals surface area (Å²) < 4.78 is 18.0. The molecule has 2 aliphatic rings. The van der Waals surface area contributed by atoms with E-state index in [4.69, 9.17) is 4.74 Å². The van der Waals surface area contributed by atoms with Gasteiger partial charge in [0.1, 0.15) is 0 Å². The van der Waals surface area contributed by atoms with Crippen LogP contribution >= 0.6 is 0 Å². The zero-order valence-electron chi connectivity index (χ0n) is 7.53. The maximum Gasteiger partial charge on any atom is 0.170 e. The molecule has 0 bridgehead atoms. The van der Waals surface area contributed by atoms with Crippen LogP contribution in [-0.2, 0) is 9.53 Å². The predicted octanol–water partition coefficient (Wildman–Crippen LogP) is 1.54. The van der Waals surface area contributed by atoms with Gasteiger partial charge in [-0.15, -0.1) is 0 Å². The van der Waals surface area contributed by atoms with E-state index in [0.29, 0.717) is 5.71 Å². The molecule has 4 heteroatoms. The van der Waals surface area contributed by atoms with E-state index in [0.717, 1.165) is 0 Å². The Hall–Kier alpha value is -1.71. The van der Waals surface area contributed by atoms with Gasteiger partial charge in [-0.3, -0.25) is 9.79 Å². The highest BCUT2D eigenvalue weighted by molar-refractivity contribution is 6.18. The Kier molecular flexibility index (Phi) is 2.04. The van der Waals surface area contributed by atoms with Crippen LogP contribution in [0.1, 0.15) is 0 Å². The zero-order valence-corrected chi connectivity index (χ0v) is 7.53. The number of carbonyl (C=O) groups excluding carboxylic acids is 1. The standard InChI is InChI=1S/C10H8FNO2/c1-14-10-4-6-8(5-7(10)11)12-3-2-9(6)13/h2-6H,1H3. The molecule has 0 fully saturated rings. The molecule has 2 rings (SSSR count). The number of allylic oxidation sites excluding steroid dienone is 4. The Bertz CT molecular complexity index is 404. The molecular weight excluding hydrogens is 185 g/mol. The summed E-state index contributed by atoms with van der Waals surface area (Å²) in [4.78, 5) is 15.3. The average Bonchev–Trinajstić information content (AvgIpc) is 2.17. The second-order valence-electron chi connectivity index (χ2n) is 2.98. The second kappa shape index (κ2) is 3.21. The number of hydrogen-bond acceptors (Lipinski definition) is 3. The number of nitrogens with zero attached hydrogens (tertiary/aromatic N) is 1. The van der Waals surface area contributed by atoms with Crippen molar-refractivity contribution in [3.63, 3.8) is 0 Å². The molecule has 0 spiro atoms. The Morgan fingerprint density at radius 3 is 3.07 bits per heavy atom. The quantitative estimate of drug-likeness (QED) is 0.633. The average molecular weight is 193 g/mol. The van der Waals surface area contributed by atoms with Crippen LogP contribution in [0.15, 0.2) is 41.0 Å². The van der Waals surface area contributed by atoms with Gasteiger partial charge in [0, 0.05) is 18.4 Å². The van der Waals surface area contributed by atoms with Crippen LogP contribution in [0.4, 0.5) is 4.39 Å². The van der Waals surface area contributed by atoms with Crippen LogP contribution in [0.25, 0.3) is 0 Å². The molecule has 3 nitrogen and oxygen atoms in total. The van der Waals surface area contributed by atoms with E-state index in [-0.39, 0.29) is 11.5 Å². The third-order valence-electron chi connectivity index (χ3n) is 2.14. The van der Waals surface area contributed by atoms with Gasteiger partial charge >= 0.3 is 0 Å². The molecule has 1 aliphatic heterocycles. The highest BCUT2D eigenvalue weighted by Crippen LogP contribution is 2.25. The lowest BCUT2D eigenvalue weighted by Gasteiger charge is -2.18. The minimum Gasteiger partial charge on any atom is -0.494 e. The summed E-state index contributed by atoms with van der Waals surface area (Å²) in [7, 11) is 1.37. The summed E-state index contributed by atoms with van der Waals surface area (Å²) >= 11 is 0. The van der Waals surface area contributed by atoms with E-state index in [1.165, 1.54) is 31.5 Å². The van der Waals surface area contributed by atoms with Gasteiger partial charge in [-0.2, -0.15) is 0 Å². The molecule has 0 aromatic carbocycles. The summed E-state index contributed by atoms with van der Waals surface area (Å²) in [5.41, 5.74) is 0.427. The maximum atomic E-state index is 13.2. The van der Waals surface area contributed by atoms with E-state index >= 15 is 0 Å². The van der Waals surface area contributed by atoms with E-state index in [2.05, 4.69) is 4.99 Å². The van der Waals surface area contributed by atoms with Crippen molar-refractivity contribution in [1.82, 2.24) is 0 Å². The summed E-state index contributed by atoms with van der Waals surface area (Å²) in [6.07, 6.45) is 5.42. The molecule has 14 heavy (non-hydrogen) atoms. The van der Waals surface area contributed by atoms with Crippen LogP contribution in [-0.4, -0.2) is 18.6 Å². The van der Waals surface area contributed by atoms with Gasteiger partial charge in [0.2, 0.25) is 0 Å². The SMILES string of the molecule is COC1=CC2C(=O)C=CN=C2C=C1F. The number of aliphatic imine (C=N–C) groups is 1. The van der Waals surface area contributed by atoms with Gasteiger partial charge in [0.25, 0.3) is 0 Å². The fourth-order valence-electron chi connectivity index (χ4n) is 1.42. The number of methoxy groups -OCH3 is 1. The van der Waals surface area contributed by atoms with Gasteiger partial charge in [-0.1, -0.05) is 0 Å². The molecule has 0 saturated heterocycles. The molecule has 0 N–H and O–H groups in total. The number of hydrogen-bond donors (Lipinski definition) is 0. The van der Waals surface area contributed by atoms with Gasteiger partial charge in [-0.05, 0) is 6.08 Å². The van der Waals surface area contributed by atoms with Gasteiger partial charge in [-0.25, -0.2) is 4.39 Å². The van der Waals surface area contributed by atoms with E-state index in [9.17, 15) is 9.18 Å². The second-order valence-corrected chi connectivity index (χ2v) is 2.98. The lowest BCUT2D eigenvalue weighted by molar-refractivity contribution is -0.115. The minimum absolute atomic E-state index is 0.0950. The first kappa shape index (κ1) is 8.87. The smallest absolute Gasteiger partial charge is 0.170 e. The van der Waals surface area contributed by atoms with Crippen molar-refractivity contribution in [2.24, 2.45) is 10.9 Å². The van der Waals surface area contributed by atoms with Crippen LogP contribution < -0.4 is 0 Å². The Morgan fingerprint density at radius 1 is 1.57 bits per heavy atom. The molecule has 72 valence electrons. The lowest BCUT2D eigenvalue weighted by Crippen LogP contribution is -2.25. The fraction of sp³-hybridized carbons (Fsp3) is 0.200. The van der Waals surface area contributed by atoms with Crippen molar-refractivity contribution in [3.8, 4) is 0 Å². The molecule has 0 radical (unpaired) electrons. The molecule has 1 atom stereocenters. The van der Waals surface area contributed by atoms with Gasteiger partial charge < -0.3 is 4.74 Å². The van der Waals surface area contributed by atoms with Crippen molar-refractivity contribution in [1.29, 1.82) is 0 Å². The number of ketones is 1. The highest BCUT2D eigenvalue weighted by Gasteiger charge is 2.27. The fourth-order valence-corrected chi connectivity index (χ4v) is 1.42. The van der Waals surface area contributed by atoms with Crippen LogP contribution in [0, 0.1) is 5.92 Å². The minimum atomic E-state index is -0.495. The van der Waals surface area contributed by atoms with Crippen molar-refractivity contribution in [2.45, 2.75) is 0 Å². The van der Waals surface area contributed by atoms with Crippen molar-refractivity contribution in [3.05, 3.63) is 36.0 Å². The molecule has 1 unspecified atom stereocenters. The van der Waals surface area contributed by atoms with Crippen molar-refractivity contribution < 1.29 is 13.9 Å². The zero-order chi connectivity index (χ0) is 10.1. The largest absolute Gasteiger partial charge is 0.494 e. The molecular formula is C10H8FNO2. The van der Waals surface area contributed by atoms with E-state index < -0.39 is 11.7 Å². The van der Waals surface area contributed by atoms with Crippen LogP contribution in [0.3, 0.4) is 0 Å². The molecule has 0 aromatic rings. The first-order valence-corrected chi connectivity index (χ1v) is 4.14. The highest BCUT2D eigenvalue weighted by atomic mass is 19.1. The van der Waals surface area contributed by atoms with Crippen molar-refractivity contribution in [2.75, 3.05) is 7.11 Å². The third-order valence-corrected chi connectivity index (χ3v) is 2.14. The summed E-state index contributed by atoms with van der Waals surface area (Å²) in [6, 6.07) is 0. The van der Waals surface area contributed by atoms with Crippen LogP contribution in [0.2, 0.25) is 0 Å². The normalized spacial score (nSPS) is 24.9. The lowest BCUT2D eigenvalue weighted by atomic mass is 9.91. The Labute approximate surface area is 80.3 Å². The number of rotatable bonds is 1. The first-order chi connectivity index (χ1) is 6.72. The van der Waals surface area contributed by atoms with E-state index in [1.54, 1.807) is 0 Å². The van der Waals surface area contributed by atoms with E-state index in [1.807, 2.05) is 0 Å². The first-order valence-electron chi connectivity index (χ1n) is 4.14. The molecule has 1 aliphatic carbocycles. The Balaban J connectivity index is 2.43. The van der Waals surface area contributed by atoms with Gasteiger partial charge in [0.15, 0.2) is 17.4 Å². The Morgan fingerprint density at radius 2 is 2.36 bits per heavy atom. The number of fused-ring (bicyclic) bond motifs is 1. The topological polar surface area (TPSA) is 38.7 Å². The van der Waals surface area contributed by atoms with Crippen LogP contribution in [0.5, 0.6) is 0 Å². The van der Waals surface area contributed by atoms with Crippen molar-refractivity contribution >= 4 is 11.5 Å². The number of halogens is 1. The summed E-state index contributed by atoms with van der Waals surface area (Å²) in [5.74, 6) is -0.994. The monoisotopic (exact) mass is 193 g/mol. The molecule has 0 aromatic heterocycles. The molecule has 0 amide bonds.